The van der Waals surface area contributed by atoms with E-state index in [-0.39, 0.29) is 24.4 Å². The van der Waals surface area contributed by atoms with Crippen LogP contribution in [0.1, 0.15) is 79.1 Å². The second kappa shape index (κ2) is 16.8. The summed E-state index contributed by atoms with van der Waals surface area (Å²) in [6.07, 6.45) is 7.35. The van der Waals surface area contributed by atoms with Gasteiger partial charge in [-0.15, -0.1) is 0 Å². The molecular weight excluding hydrogens is 380 g/mol. The summed E-state index contributed by atoms with van der Waals surface area (Å²) in [6, 6.07) is 0. The molecule has 6 heteroatoms. The molecule has 1 heterocycles. The molecule has 0 aromatic heterocycles. The van der Waals surface area contributed by atoms with Crippen molar-refractivity contribution < 1.29 is 23.7 Å². The number of ether oxygens (including phenoxy) is 5. The molecule has 1 fully saturated rings. The van der Waals surface area contributed by atoms with Crippen molar-refractivity contribution in [3.63, 3.8) is 0 Å². The summed E-state index contributed by atoms with van der Waals surface area (Å²) in [5.74, 6) is 0. The van der Waals surface area contributed by atoms with Gasteiger partial charge >= 0.3 is 0 Å². The van der Waals surface area contributed by atoms with Crippen molar-refractivity contribution in [2.75, 3.05) is 33.0 Å². The Hall–Kier alpha value is 0.0900. The molecule has 0 spiro atoms. The number of unbranched alkanes of at least 4 members (excludes halogenated alkanes) is 4. The molecule has 0 amide bonds. The van der Waals surface area contributed by atoms with Gasteiger partial charge in [-0.25, -0.2) is 0 Å². The summed E-state index contributed by atoms with van der Waals surface area (Å²) in [5, 5.41) is 0. The molecule has 1 aliphatic rings. The lowest BCUT2D eigenvalue weighted by atomic mass is 9.99. The number of halogens is 1. The molecule has 1 unspecified atom stereocenters. The maximum absolute atomic E-state index is 6.59. The standard InChI is InChI=1S/C22H43ClO5/c1-5-9-13-24-17-18-19(25-14-10-6-2)20(26-15-11-7-3)21(22(23)28-18)27-16-12-8-4/h18-22H,5-17H2,1-4H3/t18?,19-,20+,21-,22+/m1/s1. The van der Waals surface area contributed by atoms with Crippen LogP contribution in [0.4, 0.5) is 0 Å². The first-order valence-electron chi connectivity index (χ1n) is 11.4. The van der Waals surface area contributed by atoms with E-state index in [4.69, 9.17) is 35.3 Å². The zero-order valence-electron chi connectivity index (χ0n) is 18.5. The highest BCUT2D eigenvalue weighted by atomic mass is 35.5. The van der Waals surface area contributed by atoms with Crippen molar-refractivity contribution in [1.82, 2.24) is 0 Å². The third-order valence-electron chi connectivity index (χ3n) is 4.93. The van der Waals surface area contributed by atoms with Gasteiger partial charge < -0.3 is 23.7 Å². The molecule has 0 aromatic carbocycles. The van der Waals surface area contributed by atoms with E-state index >= 15 is 0 Å². The average Bonchev–Trinajstić information content (AvgIpc) is 2.69. The molecule has 5 nitrogen and oxygen atoms in total. The monoisotopic (exact) mass is 422 g/mol. The van der Waals surface area contributed by atoms with Crippen LogP contribution in [0.3, 0.4) is 0 Å². The van der Waals surface area contributed by atoms with Gasteiger partial charge in [-0.1, -0.05) is 65.0 Å². The van der Waals surface area contributed by atoms with E-state index in [0.717, 1.165) is 58.0 Å². The summed E-state index contributed by atoms with van der Waals surface area (Å²) >= 11 is 6.59. The van der Waals surface area contributed by atoms with Gasteiger partial charge in [0.05, 0.1) is 6.61 Å². The highest BCUT2D eigenvalue weighted by Gasteiger charge is 2.47. The van der Waals surface area contributed by atoms with Crippen molar-refractivity contribution in [2.24, 2.45) is 0 Å². The van der Waals surface area contributed by atoms with E-state index in [1.165, 1.54) is 0 Å². The second-order valence-electron chi connectivity index (χ2n) is 7.52. The predicted molar refractivity (Wildman–Crippen MR) is 114 cm³/mol. The number of hydrogen-bond donors (Lipinski definition) is 0. The van der Waals surface area contributed by atoms with E-state index in [2.05, 4.69) is 27.7 Å². The fraction of sp³-hybridized carbons (Fsp3) is 1.00. The fourth-order valence-corrected chi connectivity index (χ4v) is 3.45. The second-order valence-corrected chi connectivity index (χ2v) is 7.95. The number of rotatable bonds is 17. The highest BCUT2D eigenvalue weighted by molar-refractivity contribution is 6.20. The van der Waals surface area contributed by atoms with Crippen molar-refractivity contribution in [3.05, 3.63) is 0 Å². The van der Waals surface area contributed by atoms with Gasteiger partial charge in [-0.05, 0) is 25.7 Å². The van der Waals surface area contributed by atoms with Crippen molar-refractivity contribution in [2.45, 2.75) is 109 Å². The van der Waals surface area contributed by atoms with Crippen LogP contribution in [0, 0.1) is 0 Å². The van der Waals surface area contributed by atoms with Crippen LogP contribution in [0.25, 0.3) is 0 Å². The molecule has 0 saturated carbocycles. The summed E-state index contributed by atoms with van der Waals surface area (Å²) in [4.78, 5) is 0. The fourth-order valence-electron chi connectivity index (χ4n) is 3.10. The van der Waals surface area contributed by atoms with Crippen molar-refractivity contribution >= 4 is 11.6 Å². The van der Waals surface area contributed by atoms with Crippen LogP contribution in [0.15, 0.2) is 0 Å². The molecule has 1 rings (SSSR count). The Morgan fingerprint density at radius 1 is 0.643 bits per heavy atom. The van der Waals surface area contributed by atoms with Gasteiger partial charge in [0.15, 0.2) is 5.56 Å². The molecule has 168 valence electrons. The van der Waals surface area contributed by atoms with Gasteiger partial charge in [0, 0.05) is 26.4 Å². The first-order chi connectivity index (χ1) is 13.7. The lowest BCUT2D eigenvalue weighted by Crippen LogP contribution is -2.60. The maximum atomic E-state index is 6.59. The third kappa shape index (κ3) is 9.73. The molecule has 0 radical (unpaired) electrons. The predicted octanol–water partition coefficient (Wildman–Crippen LogP) is 5.32. The van der Waals surface area contributed by atoms with Crippen LogP contribution in [0.5, 0.6) is 0 Å². The van der Waals surface area contributed by atoms with Crippen LogP contribution in [0.2, 0.25) is 0 Å². The lowest BCUT2D eigenvalue weighted by Gasteiger charge is -2.44. The third-order valence-corrected chi connectivity index (χ3v) is 5.28. The Labute approximate surface area is 177 Å². The normalized spacial score (nSPS) is 28.0. The van der Waals surface area contributed by atoms with Crippen molar-refractivity contribution in [1.29, 1.82) is 0 Å². The minimum atomic E-state index is -0.561. The molecule has 28 heavy (non-hydrogen) atoms. The summed E-state index contributed by atoms with van der Waals surface area (Å²) in [7, 11) is 0. The Bertz CT molecular complexity index is 358. The molecule has 0 aromatic rings. The maximum Gasteiger partial charge on any atom is 0.160 e. The van der Waals surface area contributed by atoms with Crippen LogP contribution in [-0.2, 0) is 23.7 Å². The Balaban J connectivity index is 2.84. The van der Waals surface area contributed by atoms with Gasteiger partial charge in [-0.3, -0.25) is 0 Å². The smallest absolute Gasteiger partial charge is 0.160 e. The van der Waals surface area contributed by atoms with Gasteiger partial charge in [0.1, 0.15) is 24.4 Å². The Morgan fingerprint density at radius 2 is 1.11 bits per heavy atom. The minimum Gasteiger partial charge on any atom is -0.379 e. The zero-order chi connectivity index (χ0) is 20.6. The first kappa shape index (κ1) is 26.1. The molecule has 0 bridgehead atoms. The molecular formula is C22H43ClO5. The molecule has 5 atom stereocenters. The van der Waals surface area contributed by atoms with E-state index < -0.39 is 5.56 Å². The van der Waals surface area contributed by atoms with Gasteiger partial charge in [-0.2, -0.15) is 0 Å². The minimum absolute atomic E-state index is 0.230. The topological polar surface area (TPSA) is 46.2 Å². The van der Waals surface area contributed by atoms with E-state index in [9.17, 15) is 0 Å². The van der Waals surface area contributed by atoms with Gasteiger partial charge in [0.2, 0.25) is 0 Å². The van der Waals surface area contributed by atoms with E-state index in [1.54, 1.807) is 0 Å². The zero-order valence-corrected chi connectivity index (χ0v) is 19.3. The molecule has 0 aliphatic carbocycles. The summed E-state index contributed by atoms with van der Waals surface area (Å²) < 4.78 is 30.6. The Kier molecular flexibility index (Phi) is 15.7. The summed E-state index contributed by atoms with van der Waals surface area (Å²) in [5.41, 5.74) is -0.561. The van der Waals surface area contributed by atoms with Crippen LogP contribution >= 0.6 is 11.6 Å². The van der Waals surface area contributed by atoms with Crippen LogP contribution in [-0.4, -0.2) is 63.0 Å². The van der Waals surface area contributed by atoms with E-state index in [1.807, 2.05) is 0 Å². The lowest BCUT2D eigenvalue weighted by molar-refractivity contribution is -0.249. The van der Waals surface area contributed by atoms with E-state index in [0.29, 0.717) is 26.4 Å². The van der Waals surface area contributed by atoms with Crippen molar-refractivity contribution in [3.8, 4) is 0 Å². The summed E-state index contributed by atoms with van der Waals surface area (Å²) in [6.45, 7) is 11.8. The highest BCUT2D eigenvalue weighted by Crippen LogP contribution is 2.31. The Morgan fingerprint density at radius 3 is 1.64 bits per heavy atom. The quantitative estimate of drug-likeness (QED) is 0.234. The first-order valence-corrected chi connectivity index (χ1v) is 11.8. The van der Waals surface area contributed by atoms with Gasteiger partial charge in [0.25, 0.3) is 0 Å². The number of hydrogen-bond acceptors (Lipinski definition) is 5. The molecule has 1 aliphatic heterocycles. The SMILES string of the molecule is CCCCOCC1O[C@H](Cl)[C@H](OCCCC)[C@@H](OCCCC)[C@@H]1OCCCC. The largest absolute Gasteiger partial charge is 0.379 e. The van der Waals surface area contributed by atoms with Crippen LogP contribution < -0.4 is 0 Å². The average molecular weight is 423 g/mol. The molecule has 1 saturated heterocycles. The number of alkyl halides is 1. The molecule has 0 N–H and O–H groups in total.